The normalized spacial score (nSPS) is 12.1. The molecular formula is C18H32N2O2. The highest BCUT2D eigenvalue weighted by Crippen LogP contribution is 2.21. The summed E-state index contributed by atoms with van der Waals surface area (Å²) in [5, 5.41) is 3.36. The zero-order chi connectivity index (χ0) is 16.8. The molecule has 0 saturated heterocycles. The maximum atomic E-state index is 12.8. The lowest BCUT2D eigenvalue weighted by Gasteiger charge is -2.25. The zero-order valence-electron chi connectivity index (χ0n) is 15.0. The van der Waals surface area contributed by atoms with E-state index in [0.29, 0.717) is 25.6 Å². The van der Waals surface area contributed by atoms with Crippen LogP contribution in [0.25, 0.3) is 0 Å². The number of nitrogens with zero attached hydrogens (tertiary/aromatic N) is 1. The van der Waals surface area contributed by atoms with Crippen LogP contribution >= 0.6 is 0 Å². The highest BCUT2D eigenvalue weighted by atomic mass is 16.5. The molecule has 0 aliphatic rings. The van der Waals surface area contributed by atoms with Gasteiger partial charge < -0.3 is 14.6 Å². The molecule has 0 spiro atoms. The van der Waals surface area contributed by atoms with Crippen molar-refractivity contribution in [2.75, 3.05) is 20.3 Å². The minimum atomic E-state index is -0.0455. The van der Waals surface area contributed by atoms with E-state index in [1.165, 1.54) is 0 Å². The Morgan fingerprint density at radius 1 is 1.27 bits per heavy atom. The second-order valence-electron chi connectivity index (χ2n) is 7.32. The Hall–Kier alpha value is -1.13. The van der Waals surface area contributed by atoms with Gasteiger partial charge in [0, 0.05) is 43.5 Å². The number of rotatable bonds is 8. The molecule has 1 N–H and O–H groups in total. The molecule has 0 atom stereocenters. The molecule has 0 radical (unpaired) electrons. The molecular weight excluding hydrogens is 276 g/mol. The van der Waals surface area contributed by atoms with E-state index in [1.807, 2.05) is 10.6 Å². The summed E-state index contributed by atoms with van der Waals surface area (Å²) in [6, 6.07) is 4.07. The minimum Gasteiger partial charge on any atom is -0.385 e. The maximum absolute atomic E-state index is 12.8. The molecule has 0 unspecified atom stereocenters. The van der Waals surface area contributed by atoms with Crippen LogP contribution < -0.4 is 10.9 Å². The van der Waals surface area contributed by atoms with Crippen LogP contribution in [-0.2, 0) is 23.2 Å². The smallest absolute Gasteiger partial charge is 0.255 e. The summed E-state index contributed by atoms with van der Waals surface area (Å²) in [5.74, 6) is 0.581. The van der Waals surface area contributed by atoms with Crippen molar-refractivity contribution < 1.29 is 4.74 Å². The fourth-order valence-corrected chi connectivity index (χ4v) is 2.50. The fraction of sp³-hybridized carbons (Fsp3) is 0.722. The van der Waals surface area contributed by atoms with E-state index in [4.69, 9.17) is 4.74 Å². The van der Waals surface area contributed by atoms with Crippen LogP contribution in [0.15, 0.2) is 16.9 Å². The van der Waals surface area contributed by atoms with E-state index in [2.05, 4.69) is 46.0 Å². The lowest BCUT2D eigenvalue weighted by atomic mass is 9.90. The molecule has 22 heavy (non-hydrogen) atoms. The maximum Gasteiger partial charge on any atom is 0.255 e. The predicted molar refractivity (Wildman–Crippen MR) is 92.4 cm³/mol. The van der Waals surface area contributed by atoms with Gasteiger partial charge in [0.05, 0.1) is 0 Å². The van der Waals surface area contributed by atoms with Crippen molar-refractivity contribution >= 4 is 0 Å². The van der Waals surface area contributed by atoms with Gasteiger partial charge in [-0.05, 0) is 24.9 Å². The van der Waals surface area contributed by atoms with Crippen LogP contribution in [0.2, 0.25) is 0 Å². The Morgan fingerprint density at radius 2 is 1.95 bits per heavy atom. The lowest BCUT2D eigenvalue weighted by Crippen LogP contribution is -2.34. The monoisotopic (exact) mass is 308 g/mol. The van der Waals surface area contributed by atoms with E-state index in [0.717, 1.165) is 24.2 Å². The van der Waals surface area contributed by atoms with Crippen LogP contribution in [0.4, 0.5) is 0 Å². The third kappa shape index (κ3) is 5.58. The van der Waals surface area contributed by atoms with Gasteiger partial charge >= 0.3 is 0 Å². The Bertz CT molecular complexity index is 513. The average molecular weight is 308 g/mol. The summed E-state index contributed by atoms with van der Waals surface area (Å²) in [7, 11) is 1.69. The molecule has 4 heteroatoms. The van der Waals surface area contributed by atoms with Crippen molar-refractivity contribution in [2.45, 2.75) is 59.5 Å². The lowest BCUT2D eigenvalue weighted by molar-refractivity contribution is 0.189. The first-order valence-electron chi connectivity index (χ1n) is 8.20. The number of aromatic nitrogens is 1. The van der Waals surface area contributed by atoms with Crippen LogP contribution in [0, 0.1) is 5.92 Å². The van der Waals surface area contributed by atoms with E-state index in [-0.39, 0.29) is 11.0 Å². The Balaban J connectivity index is 3.02. The van der Waals surface area contributed by atoms with Gasteiger partial charge in [-0.15, -0.1) is 0 Å². The summed E-state index contributed by atoms with van der Waals surface area (Å²) in [4.78, 5) is 12.8. The molecule has 4 nitrogen and oxygen atoms in total. The number of nitrogens with one attached hydrogen (secondary N) is 1. The van der Waals surface area contributed by atoms with Crippen molar-refractivity contribution in [3.8, 4) is 0 Å². The molecule has 0 amide bonds. The highest BCUT2D eigenvalue weighted by molar-refractivity contribution is 5.21. The minimum absolute atomic E-state index is 0.0455. The fourth-order valence-electron chi connectivity index (χ4n) is 2.50. The van der Waals surface area contributed by atoms with Gasteiger partial charge in [0.1, 0.15) is 0 Å². The third-order valence-corrected chi connectivity index (χ3v) is 3.62. The number of methoxy groups -OCH3 is 1. The third-order valence-electron chi connectivity index (χ3n) is 3.62. The first-order chi connectivity index (χ1) is 10.3. The van der Waals surface area contributed by atoms with Crippen LogP contribution in [0.5, 0.6) is 0 Å². The van der Waals surface area contributed by atoms with E-state index < -0.39 is 0 Å². The number of ether oxygens (including phenoxy) is 1. The molecule has 1 heterocycles. The first kappa shape index (κ1) is 18.9. The average Bonchev–Trinajstić information content (AvgIpc) is 2.40. The first-order valence-corrected chi connectivity index (χ1v) is 8.20. The molecule has 0 saturated carbocycles. The summed E-state index contributed by atoms with van der Waals surface area (Å²) in [6.07, 6.45) is 0.850. The van der Waals surface area contributed by atoms with Gasteiger partial charge in [-0.3, -0.25) is 4.79 Å². The topological polar surface area (TPSA) is 43.3 Å². The largest absolute Gasteiger partial charge is 0.385 e. The number of pyridine rings is 1. The Morgan fingerprint density at radius 3 is 2.50 bits per heavy atom. The van der Waals surface area contributed by atoms with Gasteiger partial charge in [0.25, 0.3) is 5.56 Å². The van der Waals surface area contributed by atoms with Gasteiger partial charge in [0.2, 0.25) is 0 Å². The zero-order valence-corrected chi connectivity index (χ0v) is 15.0. The quantitative estimate of drug-likeness (QED) is 0.751. The van der Waals surface area contributed by atoms with Gasteiger partial charge in [0.15, 0.2) is 0 Å². The van der Waals surface area contributed by atoms with Gasteiger partial charge in [-0.2, -0.15) is 0 Å². The highest BCUT2D eigenvalue weighted by Gasteiger charge is 2.20. The van der Waals surface area contributed by atoms with Crippen LogP contribution in [0.3, 0.4) is 0 Å². The Kier molecular flexibility index (Phi) is 7.30. The van der Waals surface area contributed by atoms with Gasteiger partial charge in [-0.1, -0.05) is 40.7 Å². The van der Waals surface area contributed by atoms with E-state index in [9.17, 15) is 4.79 Å². The van der Waals surface area contributed by atoms with E-state index >= 15 is 0 Å². The molecule has 0 aromatic carbocycles. The SMILES string of the molecule is COCCCn1c(C(C)(C)C)ccc(CNCC(C)C)c1=O. The predicted octanol–water partition coefficient (Wildman–Crippen LogP) is 2.93. The van der Waals surface area contributed by atoms with Crippen LogP contribution in [0.1, 0.15) is 52.3 Å². The molecule has 0 aliphatic carbocycles. The molecule has 0 bridgehead atoms. The van der Waals surface area contributed by atoms with Crippen molar-refractivity contribution in [1.29, 1.82) is 0 Å². The molecule has 0 fully saturated rings. The second kappa shape index (κ2) is 8.49. The molecule has 1 aromatic heterocycles. The van der Waals surface area contributed by atoms with Crippen molar-refractivity contribution in [3.63, 3.8) is 0 Å². The molecule has 1 rings (SSSR count). The molecule has 126 valence electrons. The van der Waals surface area contributed by atoms with E-state index in [1.54, 1.807) is 7.11 Å². The molecule has 0 aliphatic heterocycles. The van der Waals surface area contributed by atoms with Crippen molar-refractivity contribution in [1.82, 2.24) is 9.88 Å². The van der Waals surface area contributed by atoms with Crippen molar-refractivity contribution in [2.24, 2.45) is 5.92 Å². The van der Waals surface area contributed by atoms with Gasteiger partial charge in [-0.25, -0.2) is 0 Å². The second-order valence-corrected chi connectivity index (χ2v) is 7.32. The number of hydrogen-bond acceptors (Lipinski definition) is 3. The summed E-state index contributed by atoms with van der Waals surface area (Å²) < 4.78 is 7.04. The molecule has 1 aromatic rings. The summed E-state index contributed by atoms with van der Waals surface area (Å²) in [5.41, 5.74) is 2.00. The summed E-state index contributed by atoms with van der Waals surface area (Å²) in [6.45, 7) is 13.7. The number of hydrogen-bond donors (Lipinski definition) is 1. The standard InChI is InChI=1S/C18H32N2O2/c1-14(2)12-19-13-15-8-9-16(18(3,4)5)20(17(15)21)10-7-11-22-6/h8-9,14,19H,7,10-13H2,1-6H3. The summed E-state index contributed by atoms with van der Waals surface area (Å²) >= 11 is 0. The van der Waals surface area contributed by atoms with Crippen molar-refractivity contribution in [3.05, 3.63) is 33.7 Å². The van der Waals surface area contributed by atoms with Crippen LogP contribution in [-0.4, -0.2) is 24.8 Å². The Labute approximate surface area is 134 Å².